The zero-order valence-corrected chi connectivity index (χ0v) is 11.8. The van der Waals surface area contributed by atoms with Crippen molar-refractivity contribution in [3.8, 4) is 0 Å². The van der Waals surface area contributed by atoms with Gasteiger partial charge in [0.2, 0.25) is 0 Å². The zero-order valence-electron chi connectivity index (χ0n) is 11.1. The largest absolute Gasteiger partial charge is 0.468 e. The van der Waals surface area contributed by atoms with E-state index in [0.29, 0.717) is 5.02 Å². The number of esters is 1. The molecule has 1 unspecified atom stereocenters. The van der Waals surface area contributed by atoms with E-state index in [1.807, 2.05) is 24.3 Å². The number of methoxy groups -OCH3 is 1. The van der Waals surface area contributed by atoms with Gasteiger partial charge in [0, 0.05) is 24.7 Å². The third kappa shape index (κ3) is 3.69. The molecule has 1 fully saturated rings. The molecule has 0 aromatic heterocycles. The third-order valence-electron chi connectivity index (χ3n) is 3.33. The molecule has 0 bridgehead atoms. The van der Waals surface area contributed by atoms with Crippen LogP contribution in [-0.4, -0.2) is 44.2 Å². The first-order chi connectivity index (χ1) is 9.22. The fourth-order valence-electron chi connectivity index (χ4n) is 2.41. The highest BCUT2D eigenvalue weighted by atomic mass is 35.5. The number of ether oxygens (including phenoxy) is 1. The Morgan fingerprint density at radius 1 is 1.42 bits per heavy atom. The molecule has 0 radical (unpaired) electrons. The smallest absolute Gasteiger partial charge is 0.327 e. The summed E-state index contributed by atoms with van der Waals surface area (Å²) in [5.41, 5.74) is 0.890. The van der Waals surface area contributed by atoms with Gasteiger partial charge in [0.1, 0.15) is 6.04 Å². The van der Waals surface area contributed by atoms with Gasteiger partial charge < -0.3 is 10.1 Å². The lowest BCUT2D eigenvalue weighted by atomic mass is 10.1. The van der Waals surface area contributed by atoms with Gasteiger partial charge in [0.25, 0.3) is 0 Å². The zero-order chi connectivity index (χ0) is 13.7. The van der Waals surface area contributed by atoms with Gasteiger partial charge in [-0.15, -0.1) is 0 Å². The number of hydrogen-bond donors (Lipinski definition) is 1. The maximum Gasteiger partial charge on any atom is 0.327 e. The molecule has 19 heavy (non-hydrogen) atoms. The van der Waals surface area contributed by atoms with Crippen LogP contribution in [0.3, 0.4) is 0 Å². The van der Waals surface area contributed by atoms with Gasteiger partial charge in [-0.05, 0) is 30.7 Å². The lowest BCUT2D eigenvalue weighted by molar-refractivity contribution is -0.147. The predicted molar refractivity (Wildman–Crippen MR) is 75.3 cm³/mol. The van der Waals surface area contributed by atoms with E-state index in [1.54, 1.807) is 0 Å². The molecule has 4 nitrogen and oxygen atoms in total. The summed E-state index contributed by atoms with van der Waals surface area (Å²) in [6, 6.07) is 7.06. The second-order valence-electron chi connectivity index (χ2n) is 4.62. The normalized spacial score (nSPS) is 18.6. The highest BCUT2D eigenvalue weighted by Crippen LogP contribution is 2.25. The molecule has 0 spiro atoms. The Hall–Kier alpha value is -1.10. The monoisotopic (exact) mass is 282 g/mol. The summed E-state index contributed by atoms with van der Waals surface area (Å²) in [4.78, 5) is 14.3. The number of nitrogens with one attached hydrogen (secondary N) is 1. The molecule has 1 aliphatic heterocycles. The molecule has 1 heterocycles. The summed E-state index contributed by atoms with van der Waals surface area (Å²) >= 11 is 6.02. The Bertz CT molecular complexity index is 431. The molecule has 5 heteroatoms. The first kappa shape index (κ1) is 14.3. The summed E-state index contributed by atoms with van der Waals surface area (Å²) in [7, 11) is 1.43. The van der Waals surface area contributed by atoms with Crippen LogP contribution in [0.15, 0.2) is 24.3 Å². The van der Waals surface area contributed by atoms with Gasteiger partial charge in [0.15, 0.2) is 0 Å². The van der Waals surface area contributed by atoms with Crippen LogP contribution in [0.25, 0.3) is 0 Å². The van der Waals surface area contributed by atoms with Crippen molar-refractivity contribution < 1.29 is 9.53 Å². The van der Waals surface area contributed by atoms with E-state index in [9.17, 15) is 4.79 Å². The quantitative estimate of drug-likeness (QED) is 0.859. The number of hydrogen-bond acceptors (Lipinski definition) is 4. The van der Waals surface area contributed by atoms with E-state index in [2.05, 4.69) is 10.2 Å². The molecule has 0 amide bonds. The van der Waals surface area contributed by atoms with Gasteiger partial charge in [-0.1, -0.05) is 23.7 Å². The molecular weight excluding hydrogens is 264 g/mol. The Labute approximate surface area is 118 Å². The summed E-state index contributed by atoms with van der Waals surface area (Å²) in [6.45, 7) is 3.57. The molecule has 1 aliphatic rings. The number of halogens is 1. The second-order valence-corrected chi connectivity index (χ2v) is 5.06. The number of nitrogens with zero attached hydrogens (tertiary/aromatic N) is 1. The minimum atomic E-state index is -0.372. The summed E-state index contributed by atoms with van der Waals surface area (Å²) in [5, 5.41) is 3.97. The van der Waals surface area contributed by atoms with Crippen molar-refractivity contribution >= 4 is 17.6 Å². The maximum absolute atomic E-state index is 12.1. The Balaban J connectivity index is 2.26. The number of carbonyl (C=O) groups excluding carboxylic acids is 1. The van der Waals surface area contributed by atoms with Crippen LogP contribution >= 0.6 is 11.6 Å². The Morgan fingerprint density at radius 2 is 2.26 bits per heavy atom. The molecule has 1 N–H and O–H groups in total. The Kier molecular flexibility index (Phi) is 5.19. The highest BCUT2D eigenvalue weighted by molar-refractivity contribution is 6.30. The van der Waals surface area contributed by atoms with Crippen LogP contribution in [0.4, 0.5) is 0 Å². The van der Waals surface area contributed by atoms with Crippen molar-refractivity contribution in [2.45, 2.75) is 12.5 Å². The van der Waals surface area contributed by atoms with Crippen molar-refractivity contribution in [2.24, 2.45) is 0 Å². The number of benzene rings is 1. The van der Waals surface area contributed by atoms with E-state index < -0.39 is 0 Å². The second kappa shape index (κ2) is 6.89. The first-order valence-corrected chi connectivity index (χ1v) is 6.88. The molecule has 1 aromatic rings. The molecule has 1 aromatic carbocycles. The van der Waals surface area contributed by atoms with E-state index in [0.717, 1.165) is 38.2 Å². The standard InChI is InChI=1S/C14H19ClN2O2/c1-19-14(18)13(11-4-2-5-12(15)10-11)17-8-3-6-16-7-9-17/h2,4-5,10,13,16H,3,6-9H2,1H3. The fraction of sp³-hybridized carbons (Fsp3) is 0.500. The molecule has 0 aliphatic carbocycles. The van der Waals surface area contributed by atoms with E-state index in [1.165, 1.54) is 7.11 Å². The van der Waals surface area contributed by atoms with Crippen LogP contribution in [0.1, 0.15) is 18.0 Å². The number of rotatable bonds is 3. The fourth-order valence-corrected chi connectivity index (χ4v) is 2.61. The third-order valence-corrected chi connectivity index (χ3v) is 3.56. The summed E-state index contributed by atoms with van der Waals surface area (Å²) in [6.07, 6.45) is 1.02. The van der Waals surface area contributed by atoms with Crippen molar-refractivity contribution in [1.29, 1.82) is 0 Å². The van der Waals surface area contributed by atoms with Crippen LogP contribution in [0.2, 0.25) is 5.02 Å². The lowest BCUT2D eigenvalue weighted by Crippen LogP contribution is -2.37. The minimum absolute atomic E-state index is 0.232. The van der Waals surface area contributed by atoms with Crippen molar-refractivity contribution in [1.82, 2.24) is 10.2 Å². The average Bonchev–Trinajstić information content (AvgIpc) is 2.68. The summed E-state index contributed by atoms with van der Waals surface area (Å²) < 4.78 is 4.96. The minimum Gasteiger partial charge on any atom is -0.468 e. The molecule has 104 valence electrons. The van der Waals surface area contributed by atoms with Crippen LogP contribution in [0, 0.1) is 0 Å². The molecule has 0 saturated carbocycles. The van der Waals surface area contributed by atoms with Crippen LogP contribution in [-0.2, 0) is 9.53 Å². The van der Waals surface area contributed by atoms with E-state index in [-0.39, 0.29) is 12.0 Å². The van der Waals surface area contributed by atoms with E-state index >= 15 is 0 Å². The van der Waals surface area contributed by atoms with Crippen LogP contribution in [0.5, 0.6) is 0 Å². The molecule has 2 rings (SSSR count). The van der Waals surface area contributed by atoms with E-state index in [4.69, 9.17) is 16.3 Å². The van der Waals surface area contributed by atoms with Gasteiger partial charge in [-0.3, -0.25) is 4.90 Å². The summed E-state index contributed by atoms with van der Waals surface area (Å²) in [5.74, 6) is -0.232. The predicted octanol–water partition coefficient (Wildman–Crippen LogP) is 1.85. The topological polar surface area (TPSA) is 41.6 Å². The van der Waals surface area contributed by atoms with Crippen LogP contribution < -0.4 is 5.32 Å². The highest BCUT2D eigenvalue weighted by Gasteiger charge is 2.28. The van der Waals surface area contributed by atoms with Crippen molar-refractivity contribution in [3.05, 3.63) is 34.9 Å². The van der Waals surface area contributed by atoms with Gasteiger partial charge >= 0.3 is 5.97 Å². The van der Waals surface area contributed by atoms with Gasteiger partial charge in [-0.2, -0.15) is 0 Å². The average molecular weight is 283 g/mol. The van der Waals surface area contributed by atoms with Gasteiger partial charge in [-0.25, -0.2) is 4.79 Å². The molecule has 1 saturated heterocycles. The van der Waals surface area contributed by atoms with Gasteiger partial charge in [0.05, 0.1) is 7.11 Å². The van der Waals surface area contributed by atoms with Crippen molar-refractivity contribution in [3.63, 3.8) is 0 Å². The molecule has 1 atom stereocenters. The Morgan fingerprint density at radius 3 is 3.00 bits per heavy atom. The SMILES string of the molecule is COC(=O)C(c1cccc(Cl)c1)N1CCCNCC1. The molecular formula is C14H19ClN2O2. The first-order valence-electron chi connectivity index (χ1n) is 6.50. The lowest BCUT2D eigenvalue weighted by Gasteiger charge is -2.28. The van der Waals surface area contributed by atoms with Crippen molar-refractivity contribution in [2.75, 3.05) is 33.3 Å². The maximum atomic E-state index is 12.1. The number of carbonyl (C=O) groups is 1.